The average molecular weight is 548 g/mol. The molecule has 0 aliphatic heterocycles. The molecule has 0 aromatic heterocycles. The Bertz CT molecular complexity index is 1050. The topological polar surface area (TPSA) is 61.4 Å². The van der Waals surface area contributed by atoms with Crippen LogP contribution in [0.2, 0.25) is 0 Å². The Morgan fingerprint density at radius 3 is 1.89 bits per heavy atom. The molecule has 0 fully saturated rings. The second-order valence-corrected chi connectivity index (χ2v) is 8.54. The van der Waals surface area contributed by atoms with Crippen LogP contribution in [-0.4, -0.2) is 41.1 Å². The Hall–Kier alpha value is -2.87. The second-order valence-electron chi connectivity index (χ2n) is 8.54. The largest absolute Gasteiger partial charge is 0.428 e. The predicted octanol–water partition coefficient (Wildman–Crippen LogP) is 5.47. The van der Waals surface area contributed by atoms with E-state index in [4.69, 9.17) is 0 Å². The summed E-state index contributed by atoms with van der Waals surface area (Å²) in [7, 11) is 0. The zero-order valence-corrected chi connectivity index (χ0v) is 19.2. The number of carbonyl (C=O) groups excluding carboxylic acids is 1. The van der Waals surface area contributed by atoms with Gasteiger partial charge in [0.1, 0.15) is 11.9 Å². The molecular formula is C23H22F10N2O2. The molecule has 0 saturated carbocycles. The zero-order valence-electron chi connectivity index (χ0n) is 19.2. The number of aliphatic hydroxyl groups is 1. The molecule has 3 N–H and O–H groups in total. The van der Waals surface area contributed by atoms with Gasteiger partial charge >= 0.3 is 18.5 Å². The van der Waals surface area contributed by atoms with Crippen molar-refractivity contribution in [3.8, 4) is 0 Å². The van der Waals surface area contributed by atoms with Crippen molar-refractivity contribution in [2.75, 3.05) is 0 Å². The first-order chi connectivity index (χ1) is 16.8. The lowest BCUT2D eigenvalue weighted by atomic mass is 9.89. The van der Waals surface area contributed by atoms with Gasteiger partial charge in [0.15, 0.2) is 0 Å². The molecule has 0 spiro atoms. The Kier molecular flexibility index (Phi) is 8.91. The molecule has 2 rings (SSSR count). The average Bonchev–Trinajstić information content (AvgIpc) is 2.74. The molecule has 0 saturated heterocycles. The van der Waals surface area contributed by atoms with Crippen LogP contribution in [0.25, 0.3) is 0 Å². The maximum absolute atomic E-state index is 14.1. The van der Waals surface area contributed by atoms with Gasteiger partial charge in [0.2, 0.25) is 5.91 Å². The van der Waals surface area contributed by atoms with Gasteiger partial charge in [-0.2, -0.15) is 39.5 Å². The van der Waals surface area contributed by atoms with E-state index < -0.39 is 71.5 Å². The van der Waals surface area contributed by atoms with Crippen molar-refractivity contribution in [1.29, 1.82) is 0 Å². The van der Waals surface area contributed by atoms with E-state index in [1.54, 1.807) is 11.4 Å². The highest BCUT2D eigenvalue weighted by Gasteiger charge is 2.75. The third kappa shape index (κ3) is 7.12. The minimum atomic E-state index is -6.38. The van der Waals surface area contributed by atoms with Crippen molar-refractivity contribution in [3.63, 3.8) is 0 Å². The summed E-state index contributed by atoms with van der Waals surface area (Å²) in [6, 6.07) is 2.22. The number of hydrogen-bond acceptors (Lipinski definition) is 3. The highest BCUT2D eigenvalue weighted by molar-refractivity contribution is 5.84. The number of nitrogens with one attached hydrogen (secondary N) is 2. The summed E-state index contributed by atoms with van der Waals surface area (Å²) in [4.78, 5) is 12.9. The van der Waals surface area contributed by atoms with Crippen molar-refractivity contribution in [3.05, 3.63) is 71.0 Å². The maximum atomic E-state index is 14.1. The van der Waals surface area contributed by atoms with Crippen LogP contribution in [0.4, 0.5) is 43.9 Å². The highest BCUT2D eigenvalue weighted by atomic mass is 19.4. The van der Waals surface area contributed by atoms with Crippen LogP contribution < -0.4 is 10.6 Å². The summed E-state index contributed by atoms with van der Waals surface area (Å²) in [5, 5.41) is 13.4. The fourth-order valence-electron chi connectivity index (χ4n) is 3.54. The summed E-state index contributed by atoms with van der Waals surface area (Å²) >= 11 is 0. The maximum Gasteiger partial charge on any atom is 0.428 e. The fourth-order valence-corrected chi connectivity index (χ4v) is 3.54. The molecular weight excluding hydrogens is 526 g/mol. The van der Waals surface area contributed by atoms with E-state index in [1.807, 2.05) is 5.32 Å². The van der Waals surface area contributed by atoms with Gasteiger partial charge in [-0.3, -0.25) is 4.79 Å². The van der Waals surface area contributed by atoms with E-state index in [1.165, 1.54) is 24.3 Å². The van der Waals surface area contributed by atoms with Crippen LogP contribution in [0.15, 0.2) is 48.5 Å². The van der Waals surface area contributed by atoms with Crippen LogP contribution in [-0.2, 0) is 17.4 Å². The van der Waals surface area contributed by atoms with Gasteiger partial charge in [0.25, 0.3) is 5.60 Å². The van der Waals surface area contributed by atoms with Crippen molar-refractivity contribution in [2.45, 2.75) is 62.5 Å². The summed E-state index contributed by atoms with van der Waals surface area (Å²) in [5.41, 5.74) is -7.32. The molecule has 0 aliphatic rings. The molecule has 2 aromatic rings. The number of amides is 1. The first-order valence-electron chi connectivity index (χ1n) is 10.6. The molecule has 4 nitrogen and oxygen atoms in total. The predicted molar refractivity (Wildman–Crippen MR) is 112 cm³/mol. The Morgan fingerprint density at radius 2 is 1.43 bits per heavy atom. The molecule has 14 heteroatoms. The van der Waals surface area contributed by atoms with E-state index in [0.29, 0.717) is 17.7 Å². The van der Waals surface area contributed by atoms with E-state index in [2.05, 4.69) is 0 Å². The molecule has 2 atom stereocenters. The van der Waals surface area contributed by atoms with Gasteiger partial charge in [-0.1, -0.05) is 44.2 Å². The van der Waals surface area contributed by atoms with Crippen molar-refractivity contribution >= 4 is 5.91 Å². The SMILES string of the molecule is CC(C)N[C@H](C(=O)N[C@H](Cc1ccccc1)c1cc(F)cc(C(F)(F)F)c1)C(O)(C(F)(F)F)C(F)(F)F. The van der Waals surface area contributed by atoms with E-state index >= 15 is 0 Å². The summed E-state index contributed by atoms with van der Waals surface area (Å²) in [6.07, 6.45) is -18.2. The fraction of sp³-hybridized carbons (Fsp3) is 0.435. The zero-order chi connectivity index (χ0) is 28.4. The van der Waals surface area contributed by atoms with Crippen molar-refractivity contribution < 1.29 is 53.8 Å². The van der Waals surface area contributed by atoms with Crippen LogP contribution >= 0.6 is 0 Å². The summed E-state index contributed by atoms with van der Waals surface area (Å²) in [6.45, 7) is 2.22. The number of rotatable bonds is 8. The molecule has 0 unspecified atom stereocenters. The smallest absolute Gasteiger partial charge is 0.372 e. The Labute approximate surface area is 204 Å². The minimum Gasteiger partial charge on any atom is -0.372 e. The quantitative estimate of drug-likeness (QED) is 0.384. The van der Waals surface area contributed by atoms with Crippen LogP contribution in [0.1, 0.15) is 36.6 Å². The van der Waals surface area contributed by atoms with Gasteiger partial charge in [0, 0.05) is 6.04 Å². The molecule has 1 amide bonds. The molecule has 0 aliphatic carbocycles. The Balaban J connectivity index is 2.62. The molecule has 2 aromatic carbocycles. The monoisotopic (exact) mass is 548 g/mol. The van der Waals surface area contributed by atoms with E-state index in [9.17, 15) is 53.8 Å². The number of alkyl halides is 9. The highest BCUT2D eigenvalue weighted by Crippen LogP contribution is 2.45. The summed E-state index contributed by atoms with van der Waals surface area (Å²) < 4.78 is 135. The molecule has 0 radical (unpaired) electrons. The lowest BCUT2D eigenvalue weighted by Crippen LogP contribution is -2.72. The van der Waals surface area contributed by atoms with Crippen LogP contribution in [0.5, 0.6) is 0 Å². The van der Waals surface area contributed by atoms with Gasteiger partial charge in [0.05, 0.1) is 11.6 Å². The Morgan fingerprint density at radius 1 is 0.892 bits per heavy atom. The number of hydrogen-bond donors (Lipinski definition) is 3. The number of benzene rings is 2. The standard InChI is InChI=1S/C23H22F10N2O2/c1-12(2)34-18(20(37,22(28,29)30)23(31,32)33)19(36)35-17(8-13-6-4-3-5-7-13)14-9-15(21(25,26)27)11-16(24)10-14/h3-7,9-12,17-18,34,37H,8H2,1-2H3,(H,35,36)/t17-,18-/m1/s1. The van der Waals surface area contributed by atoms with Crippen molar-refractivity contribution in [1.82, 2.24) is 10.6 Å². The van der Waals surface area contributed by atoms with Crippen LogP contribution in [0, 0.1) is 5.82 Å². The normalized spacial score (nSPS) is 15.0. The molecule has 0 heterocycles. The van der Waals surface area contributed by atoms with Gasteiger partial charge in [-0.15, -0.1) is 0 Å². The second kappa shape index (κ2) is 10.9. The van der Waals surface area contributed by atoms with Gasteiger partial charge in [-0.05, 0) is 35.7 Å². The third-order valence-electron chi connectivity index (χ3n) is 5.29. The third-order valence-corrected chi connectivity index (χ3v) is 5.29. The molecule has 0 bridgehead atoms. The summed E-state index contributed by atoms with van der Waals surface area (Å²) in [5.74, 6) is -3.43. The first kappa shape index (κ1) is 30.4. The molecule has 206 valence electrons. The first-order valence-corrected chi connectivity index (χ1v) is 10.6. The van der Waals surface area contributed by atoms with Crippen LogP contribution in [0.3, 0.4) is 0 Å². The van der Waals surface area contributed by atoms with Gasteiger partial charge < -0.3 is 15.7 Å². The lowest BCUT2D eigenvalue weighted by molar-refractivity contribution is -0.373. The molecule has 37 heavy (non-hydrogen) atoms. The van der Waals surface area contributed by atoms with Crippen molar-refractivity contribution in [2.24, 2.45) is 0 Å². The minimum absolute atomic E-state index is 0.139. The lowest BCUT2D eigenvalue weighted by Gasteiger charge is -2.39. The van der Waals surface area contributed by atoms with E-state index in [0.717, 1.165) is 13.8 Å². The van der Waals surface area contributed by atoms with E-state index in [-0.39, 0.29) is 6.07 Å². The van der Waals surface area contributed by atoms with Gasteiger partial charge in [-0.25, -0.2) is 4.39 Å². The number of halogens is 10. The number of carbonyl (C=O) groups is 1.